The smallest absolute Gasteiger partial charge is 0.322 e. The lowest BCUT2D eigenvalue weighted by Gasteiger charge is -2.24. The lowest BCUT2D eigenvalue weighted by Crippen LogP contribution is -2.50. The zero-order chi connectivity index (χ0) is 9.72. The SMILES string of the molecule is CC12CC3CC1C2C31NC(=O)NC1=O. The molecule has 4 nitrogen and oxygen atoms in total. The zero-order valence-corrected chi connectivity index (χ0v) is 7.96. The van der Waals surface area contributed by atoms with Crippen molar-refractivity contribution in [2.24, 2.45) is 23.2 Å². The van der Waals surface area contributed by atoms with Gasteiger partial charge in [0.15, 0.2) is 0 Å². The van der Waals surface area contributed by atoms with Crippen LogP contribution < -0.4 is 10.6 Å². The molecular formula is C10H12N2O2. The first-order chi connectivity index (χ1) is 6.59. The van der Waals surface area contributed by atoms with Gasteiger partial charge in [0.2, 0.25) is 0 Å². The number of nitrogens with one attached hydrogen (secondary N) is 2. The molecule has 4 bridgehead atoms. The molecular weight excluding hydrogens is 180 g/mol. The van der Waals surface area contributed by atoms with Crippen molar-refractivity contribution in [2.75, 3.05) is 0 Å². The normalized spacial score (nSPS) is 61.9. The van der Waals surface area contributed by atoms with Crippen molar-refractivity contribution in [3.63, 3.8) is 0 Å². The van der Waals surface area contributed by atoms with Crippen LogP contribution in [0, 0.1) is 23.2 Å². The Balaban J connectivity index is 1.88. The predicted octanol–water partition coefficient (Wildman–Crippen LogP) is 0.241. The summed E-state index contributed by atoms with van der Waals surface area (Å²) in [4.78, 5) is 23.0. The maximum atomic E-state index is 11.8. The first-order valence-electron chi connectivity index (χ1n) is 5.22. The number of hydrogen-bond donors (Lipinski definition) is 2. The summed E-state index contributed by atoms with van der Waals surface area (Å²) in [6.07, 6.45) is 2.25. The first-order valence-corrected chi connectivity index (χ1v) is 5.22. The lowest BCUT2D eigenvalue weighted by molar-refractivity contribution is -0.125. The summed E-state index contributed by atoms with van der Waals surface area (Å²) >= 11 is 0. The third-order valence-electron chi connectivity index (χ3n) is 5.13. The van der Waals surface area contributed by atoms with Crippen LogP contribution in [0.5, 0.6) is 0 Å². The fourth-order valence-corrected chi connectivity index (χ4v) is 4.69. The van der Waals surface area contributed by atoms with Gasteiger partial charge in [-0.05, 0) is 30.1 Å². The molecule has 0 aromatic heterocycles. The van der Waals surface area contributed by atoms with Gasteiger partial charge >= 0.3 is 6.03 Å². The molecule has 74 valence electrons. The molecule has 1 heterocycles. The van der Waals surface area contributed by atoms with Gasteiger partial charge in [0, 0.05) is 5.92 Å². The van der Waals surface area contributed by atoms with E-state index in [9.17, 15) is 9.59 Å². The number of imide groups is 1. The van der Waals surface area contributed by atoms with Crippen LogP contribution in [0.1, 0.15) is 19.8 Å². The topological polar surface area (TPSA) is 58.2 Å². The minimum absolute atomic E-state index is 0.0683. The Hall–Kier alpha value is -1.06. The van der Waals surface area contributed by atoms with Crippen LogP contribution in [0.15, 0.2) is 0 Å². The maximum Gasteiger partial charge on any atom is 0.322 e. The molecule has 0 aromatic carbocycles. The summed E-state index contributed by atoms with van der Waals surface area (Å²) in [5, 5.41) is 5.28. The highest BCUT2D eigenvalue weighted by Crippen LogP contribution is 2.82. The monoisotopic (exact) mass is 192 g/mol. The molecule has 0 radical (unpaired) electrons. The molecule has 0 aromatic rings. The van der Waals surface area contributed by atoms with Crippen LogP contribution >= 0.6 is 0 Å². The molecule has 1 aliphatic heterocycles. The molecule has 4 aliphatic carbocycles. The predicted molar refractivity (Wildman–Crippen MR) is 47.2 cm³/mol. The molecule has 1 saturated heterocycles. The fourth-order valence-electron chi connectivity index (χ4n) is 4.69. The van der Waals surface area contributed by atoms with Crippen LogP contribution in [0.3, 0.4) is 0 Å². The average Bonchev–Trinajstić information content (AvgIpc) is 2.50. The second-order valence-corrected chi connectivity index (χ2v) is 5.50. The number of amides is 3. The summed E-state index contributed by atoms with van der Waals surface area (Å²) < 4.78 is 0. The van der Waals surface area contributed by atoms with Gasteiger partial charge in [-0.15, -0.1) is 0 Å². The van der Waals surface area contributed by atoms with E-state index in [-0.39, 0.29) is 11.9 Å². The summed E-state index contributed by atoms with van der Waals surface area (Å²) in [7, 11) is 0. The lowest BCUT2D eigenvalue weighted by atomic mass is 9.88. The molecule has 4 saturated carbocycles. The summed E-state index contributed by atoms with van der Waals surface area (Å²) in [5.41, 5.74) is -0.143. The summed E-state index contributed by atoms with van der Waals surface area (Å²) in [5.74, 6) is 1.44. The fraction of sp³-hybridized carbons (Fsp3) is 0.800. The molecule has 14 heavy (non-hydrogen) atoms. The molecule has 1 spiro atoms. The second kappa shape index (κ2) is 1.59. The highest BCUT2D eigenvalue weighted by Gasteiger charge is 2.85. The van der Waals surface area contributed by atoms with Crippen molar-refractivity contribution in [1.82, 2.24) is 10.6 Å². The van der Waals surface area contributed by atoms with E-state index in [1.165, 1.54) is 0 Å². The number of carbonyl (C=O) groups is 2. The minimum atomic E-state index is -0.503. The van der Waals surface area contributed by atoms with E-state index < -0.39 is 5.54 Å². The van der Waals surface area contributed by atoms with E-state index in [0.717, 1.165) is 12.8 Å². The quantitative estimate of drug-likeness (QED) is 0.540. The Morgan fingerprint density at radius 3 is 2.57 bits per heavy atom. The van der Waals surface area contributed by atoms with Gasteiger partial charge in [-0.25, -0.2) is 4.79 Å². The van der Waals surface area contributed by atoms with Gasteiger partial charge in [0.25, 0.3) is 5.91 Å². The van der Waals surface area contributed by atoms with Gasteiger partial charge in [-0.3, -0.25) is 10.1 Å². The largest absolute Gasteiger partial charge is 0.323 e. The van der Waals surface area contributed by atoms with Crippen molar-refractivity contribution in [3.8, 4) is 0 Å². The highest BCUT2D eigenvalue weighted by molar-refractivity contribution is 6.08. The summed E-state index contributed by atoms with van der Waals surface area (Å²) in [6, 6.07) is -0.295. The van der Waals surface area contributed by atoms with Gasteiger partial charge in [0.05, 0.1) is 0 Å². The third-order valence-corrected chi connectivity index (χ3v) is 5.13. The van der Waals surface area contributed by atoms with Gasteiger partial charge in [-0.2, -0.15) is 0 Å². The number of hydrogen-bond acceptors (Lipinski definition) is 2. The maximum absolute atomic E-state index is 11.8. The minimum Gasteiger partial charge on any atom is -0.323 e. The van der Waals surface area contributed by atoms with E-state index in [0.29, 0.717) is 23.2 Å². The first kappa shape index (κ1) is 7.26. The zero-order valence-electron chi connectivity index (χ0n) is 7.96. The van der Waals surface area contributed by atoms with E-state index in [1.807, 2.05) is 0 Å². The molecule has 4 heteroatoms. The number of rotatable bonds is 0. The van der Waals surface area contributed by atoms with Crippen LogP contribution in [-0.4, -0.2) is 17.5 Å². The molecule has 5 rings (SSSR count). The van der Waals surface area contributed by atoms with Crippen molar-refractivity contribution in [1.29, 1.82) is 0 Å². The van der Waals surface area contributed by atoms with Crippen LogP contribution in [-0.2, 0) is 4.79 Å². The Kier molecular flexibility index (Phi) is 0.827. The Bertz CT molecular complexity index is 394. The molecule has 5 atom stereocenters. The average molecular weight is 192 g/mol. The number of urea groups is 1. The third kappa shape index (κ3) is 0.451. The van der Waals surface area contributed by atoms with Gasteiger partial charge in [-0.1, -0.05) is 6.92 Å². The van der Waals surface area contributed by atoms with E-state index in [4.69, 9.17) is 0 Å². The molecule has 5 aliphatic rings. The molecule has 5 fully saturated rings. The Morgan fingerprint density at radius 2 is 2.21 bits per heavy atom. The molecule has 5 unspecified atom stereocenters. The van der Waals surface area contributed by atoms with Crippen molar-refractivity contribution >= 4 is 11.9 Å². The standard InChI is InChI=1S/C10H12N2O2/c1-9-3-4-2-5(9)6(9)10(4)7(13)11-8(14)12-10/h4-6H,2-3H2,1H3,(H2,11,12,13,14). The van der Waals surface area contributed by atoms with Gasteiger partial charge in [0.1, 0.15) is 5.54 Å². The summed E-state index contributed by atoms with van der Waals surface area (Å²) in [6.45, 7) is 2.26. The van der Waals surface area contributed by atoms with Crippen LogP contribution in [0.4, 0.5) is 4.79 Å². The van der Waals surface area contributed by atoms with Crippen LogP contribution in [0.25, 0.3) is 0 Å². The van der Waals surface area contributed by atoms with E-state index in [1.54, 1.807) is 0 Å². The van der Waals surface area contributed by atoms with Crippen molar-refractivity contribution in [2.45, 2.75) is 25.3 Å². The van der Waals surface area contributed by atoms with Crippen molar-refractivity contribution in [3.05, 3.63) is 0 Å². The van der Waals surface area contributed by atoms with Crippen LogP contribution in [0.2, 0.25) is 0 Å². The molecule has 2 N–H and O–H groups in total. The van der Waals surface area contributed by atoms with E-state index >= 15 is 0 Å². The Morgan fingerprint density at radius 1 is 1.43 bits per heavy atom. The second-order valence-electron chi connectivity index (χ2n) is 5.50. The number of carbonyl (C=O) groups excluding carboxylic acids is 2. The van der Waals surface area contributed by atoms with E-state index in [2.05, 4.69) is 17.6 Å². The Labute approximate surface area is 81.4 Å². The van der Waals surface area contributed by atoms with Gasteiger partial charge < -0.3 is 5.32 Å². The molecule has 3 amide bonds. The van der Waals surface area contributed by atoms with Crippen molar-refractivity contribution < 1.29 is 9.59 Å². The highest BCUT2D eigenvalue weighted by atomic mass is 16.2.